The highest BCUT2D eigenvalue weighted by atomic mass is 32.2. The van der Waals surface area contributed by atoms with E-state index in [0.717, 1.165) is 0 Å². The maximum absolute atomic E-state index is 12.8. The van der Waals surface area contributed by atoms with Crippen LogP contribution in [-0.2, 0) is 14.4 Å². The Hall–Kier alpha value is -2.42. The van der Waals surface area contributed by atoms with Crippen LogP contribution in [0.3, 0.4) is 0 Å². The van der Waals surface area contributed by atoms with Gasteiger partial charge in [0.25, 0.3) is 5.91 Å². The predicted molar refractivity (Wildman–Crippen MR) is 103 cm³/mol. The number of carbonyl (C=O) groups excluding carboxylic acids is 2. The molecule has 0 radical (unpaired) electrons. The Kier molecular flexibility index (Phi) is 4.99. The summed E-state index contributed by atoms with van der Waals surface area (Å²) in [4.78, 5) is 38.3. The molecule has 28 heavy (non-hydrogen) atoms. The van der Waals surface area contributed by atoms with Crippen molar-refractivity contribution >= 4 is 29.5 Å². The van der Waals surface area contributed by atoms with Crippen LogP contribution in [0.4, 0.5) is 0 Å². The number of nitrogens with one attached hydrogen (secondary N) is 1. The van der Waals surface area contributed by atoms with Gasteiger partial charge in [-0.25, -0.2) is 4.79 Å². The van der Waals surface area contributed by atoms with E-state index in [1.165, 1.54) is 23.8 Å². The molecule has 1 aromatic rings. The minimum atomic E-state index is -1.26. The monoisotopic (exact) mass is 408 g/mol. The van der Waals surface area contributed by atoms with Crippen LogP contribution in [0.25, 0.3) is 0 Å². The molecule has 0 saturated carbocycles. The lowest BCUT2D eigenvalue weighted by Gasteiger charge is -2.44. The normalized spacial score (nSPS) is 25.5. The average molecular weight is 408 g/mol. The number of rotatable bonds is 6. The van der Waals surface area contributed by atoms with Crippen LogP contribution >= 0.6 is 11.8 Å². The molecule has 1 aromatic carbocycles. The van der Waals surface area contributed by atoms with Gasteiger partial charge in [0, 0.05) is 4.75 Å². The Morgan fingerprint density at radius 3 is 2.43 bits per heavy atom. The molecule has 2 heterocycles. The molecule has 152 valence electrons. The fraction of sp³-hybridized carbons (Fsp3) is 0.526. The molecule has 2 fully saturated rings. The third-order valence-corrected chi connectivity index (χ3v) is 6.51. The first-order valence-corrected chi connectivity index (χ1v) is 9.73. The van der Waals surface area contributed by atoms with Gasteiger partial charge in [-0.1, -0.05) is 12.1 Å². The van der Waals surface area contributed by atoms with E-state index >= 15 is 0 Å². The first kappa shape index (κ1) is 20.3. The van der Waals surface area contributed by atoms with Gasteiger partial charge in [-0.2, -0.15) is 0 Å². The third-order valence-electron chi connectivity index (χ3n) is 4.94. The number of nitrogens with zero attached hydrogens (tertiary/aromatic N) is 1. The van der Waals surface area contributed by atoms with E-state index in [2.05, 4.69) is 5.32 Å². The first-order valence-electron chi connectivity index (χ1n) is 8.85. The third kappa shape index (κ3) is 3.28. The maximum atomic E-state index is 12.8. The van der Waals surface area contributed by atoms with Crippen LogP contribution in [0.1, 0.15) is 27.7 Å². The van der Waals surface area contributed by atoms with Crippen molar-refractivity contribution < 1.29 is 29.0 Å². The van der Waals surface area contributed by atoms with Crippen molar-refractivity contribution in [3.8, 4) is 11.5 Å². The Labute approximate surface area is 167 Å². The van der Waals surface area contributed by atoms with Crippen molar-refractivity contribution in [2.24, 2.45) is 0 Å². The Morgan fingerprint density at radius 1 is 1.25 bits per heavy atom. The van der Waals surface area contributed by atoms with Crippen molar-refractivity contribution in [2.75, 3.05) is 7.11 Å². The molecule has 0 spiro atoms. The van der Waals surface area contributed by atoms with Crippen LogP contribution in [-0.4, -0.2) is 62.7 Å². The van der Waals surface area contributed by atoms with Gasteiger partial charge in [0.05, 0.1) is 7.11 Å². The van der Waals surface area contributed by atoms with Crippen LogP contribution in [0, 0.1) is 0 Å². The Morgan fingerprint density at radius 2 is 1.86 bits per heavy atom. The molecule has 2 N–H and O–H groups in total. The van der Waals surface area contributed by atoms with E-state index in [0.29, 0.717) is 11.5 Å². The molecule has 2 aliphatic rings. The molecule has 3 rings (SSSR count). The van der Waals surface area contributed by atoms with Crippen molar-refractivity contribution in [1.29, 1.82) is 0 Å². The summed E-state index contributed by atoms with van der Waals surface area (Å²) in [5.74, 6) is -0.996. The molecule has 2 aliphatic heterocycles. The number of benzene rings is 1. The highest BCUT2D eigenvalue weighted by Gasteiger charge is 2.64. The van der Waals surface area contributed by atoms with Crippen molar-refractivity contribution in [3.05, 3.63) is 24.3 Å². The molecule has 2 saturated heterocycles. The van der Waals surface area contributed by atoms with Gasteiger partial charge in [0.15, 0.2) is 17.1 Å². The fourth-order valence-corrected chi connectivity index (χ4v) is 5.11. The molecule has 0 unspecified atom stereocenters. The number of carboxylic acids is 1. The molecular weight excluding hydrogens is 384 g/mol. The van der Waals surface area contributed by atoms with Gasteiger partial charge in [-0.3, -0.25) is 9.59 Å². The Bertz CT molecular complexity index is 824. The lowest BCUT2D eigenvalue weighted by molar-refractivity contribution is -0.162. The maximum Gasteiger partial charge on any atom is 0.327 e. The first-order chi connectivity index (χ1) is 13.0. The minimum Gasteiger partial charge on any atom is -0.493 e. The quantitative estimate of drug-likeness (QED) is 0.687. The van der Waals surface area contributed by atoms with E-state index in [1.54, 1.807) is 52.0 Å². The van der Waals surface area contributed by atoms with E-state index in [-0.39, 0.29) is 0 Å². The number of ether oxygens (including phenoxy) is 2. The SMILES string of the molecule is COc1ccccc1OC(C)(C)C(=O)N[C@@H]1C(=O)N2[C@@H]1SC(C)(C)[C@@H]2C(=O)O. The summed E-state index contributed by atoms with van der Waals surface area (Å²) < 4.78 is 10.4. The molecule has 8 nitrogen and oxygen atoms in total. The van der Waals surface area contributed by atoms with Gasteiger partial charge < -0.3 is 24.8 Å². The number of carbonyl (C=O) groups is 3. The van der Waals surface area contributed by atoms with Crippen LogP contribution < -0.4 is 14.8 Å². The molecule has 0 aromatic heterocycles. The standard InChI is InChI=1S/C19H24N2O6S/c1-18(2,27-11-9-7-6-8-10(11)26-5)17(25)20-12-14(22)21-13(16(23)24)19(3,4)28-15(12)21/h6-9,12-13,15H,1-5H3,(H,20,25)(H,23,24)/t12-,13+,15-/m1/s1. The fourth-order valence-electron chi connectivity index (χ4n) is 3.48. The van der Waals surface area contributed by atoms with E-state index in [9.17, 15) is 19.5 Å². The second-order valence-corrected chi connectivity index (χ2v) is 9.58. The predicted octanol–water partition coefficient (Wildman–Crippen LogP) is 1.48. The summed E-state index contributed by atoms with van der Waals surface area (Å²) in [5.41, 5.74) is -1.26. The smallest absolute Gasteiger partial charge is 0.327 e. The molecular formula is C19H24N2O6S. The van der Waals surface area contributed by atoms with Crippen LogP contribution in [0.15, 0.2) is 24.3 Å². The zero-order valence-electron chi connectivity index (χ0n) is 16.4. The number of β-lactam (4-membered cyclic amide) rings is 1. The van der Waals surface area contributed by atoms with Crippen LogP contribution in [0.2, 0.25) is 0 Å². The average Bonchev–Trinajstić information content (AvgIpc) is 2.87. The zero-order chi connectivity index (χ0) is 20.9. The highest BCUT2D eigenvalue weighted by molar-refractivity contribution is 8.01. The molecule has 2 amide bonds. The van der Waals surface area contributed by atoms with Crippen LogP contribution in [0.5, 0.6) is 11.5 Å². The van der Waals surface area contributed by atoms with Crippen molar-refractivity contribution in [3.63, 3.8) is 0 Å². The van der Waals surface area contributed by atoms with Crippen molar-refractivity contribution in [1.82, 2.24) is 10.2 Å². The molecule has 9 heteroatoms. The second-order valence-electron chi connectivity index (χ2n) is 7.81. The number of hydrogen-bond donors (Lipinski definition) is 2. The zero-order valence-corrected chi connectivity index (χ0v) is 17.2. The number of thioether (sulfide) groups is 1. The lowest BCUT2D eigenvalue weighted by atomic mass is 9.95. The topological polar surface area (TPSA) is 105 Å². The highest BCUT2D eigenvalue weighted by Crippen LogP contribution is 2.50. The summed E-state index contributed by atoms with van der Waals surface area (Å²) in [6.07, 6.45) is 0. The number of carboxylic acid groups (broad SMARTS) is 1. The van der Waals surface area contributed by atoms with Gasteiger partial charge in [-0.15, -0.1) is 11.8 Å². The number of hydrogen-bond acceptors (Lipinski definition) is 6. The lowest BCUT2D eigenvalue weighted by Crippen LogP contribution is -2.72. The number of aliphatic carboxylic acids is 1. The van der Waals surface area contributed by atoms with E-state index in [1.807, 2.05) is 0 Å². The van der Waals surface area contributed by atoms with Gasteiger partial charge >= 0.3 is 5.97 Å². The van der Waals surface area contributed by atoms with E-state index < -0.39 is 45.6 Å². The summed E-state index contributed by atoms with van der Waals surface area (Å²) >= 11 is 1.38. The summed E-state index contributed by atoms with van der Waals surface area (Å²) in [5, 5.41) is 11.8. The molecule has 0 bridgehead atoms. The number of para-hydroxylation sites is 2. The molecule has 3 atom stereocenters. The second kappa shape index (κ2) is 6.88. The van der Waals surface area contributed by atoms with Crippen molar-refractivity contribution in [2.45, 2.75) is 55.5 Å². The Balaban J connectivity index is 1.71. The van der Waals surface area contributed by atoms with Gasteiger partial charge in [0.1, 0.15) is 17.5 Å². The van der Waals surface area contributed by atoms with E-state index in [4.69, 9.17) is 9.47 Å². The van der Waals surface area contributed by atoms with Gasteiger partial charge in [-0.05, 0) is 39.8 Å². The number of fused-ring (bicyclic) bond motifs is 1. The summed E-state index contributed by atoms with van der Waals surface area (Å²) in [7, 11) is 1.51. The molecule has 0 aliphatic carbocycles. The largest absolute Gasteiger partial charge is 0.493 e. The minimum absolute atomic E-state index is 0.392. The number of methoxy groups -OCH3 is 1. The number of amides is 2. The summed E-state index contributed by atoms with van der Waals surface area (Å²) in [6, 6.07) is 5.28. The summed E-state index contributed by atoms with van der Waals surface area (Å²) in [6.45, 7) is 6.77. The van der Waals surface area contributed by atoms with Gasteiger partial charge in [0.2, 0.25) is 5.91 Å².